The first-order valence-electron chi connectivity index (χ1n) is 4.93. The maximum absolute atomic E-state index is 13.7. The Balaban J connectivity index is 2.69. The zero-order valence-electron chi connectivity index (χ0n) is 9.35. The molecule has 9 heteroatoms. The van der Waals surface area contributed by atoms with Crippen molar-refractivity contribution < 1.29 is 33.0 Å². The molecule has 0 unspecified atom stereocenters. The van der Waals surface area contributed by atoms with Crippen LogP contribution in [0, 0.1) is 11.6 Å². The van der Waals surface area contributed by atoms with Crippen molar-refractivity contribution in [2.45, 2.75) is 0 Å². The zero-order chi connectivity index (χ0) is 15.0. The van der Waals surface area contributed by atoms with Gasteiger partial charge in [0.2, 0.25) is 17.3 Å². The van der Waals surface area contributed by atoms with Crippen LogP contribution >= 0.6 is 15.9 Å². The van der Waals surface area contributed by atoms with Crippen molar-refractivity contribution in [2.24, 2.45) is 0 Å². The van der Waals surface area contributed by atoms with Crippen LogP contribution in [0.15, 0.2) is 21.0 Å². The third kappa shape index (κ3) is 2.39. The lowest BCUT2D eigenvalue weighted by atomic mass is 10.2. The summed E-state index contributed by atoms with van der Waals surface area (Å²) in [6.07, 6.45) is 0. The van der Waals surface area contributed by atoms with Crippen LogP contribution in [0.3, 0.4) is 0 Å². The molecule has 1 aromatic carbocycles. The van der Waals surface area contributed by atoms with E-state index in [4.69, 9.17) is 10.2 Å². The predicted molar refractivity (Wildman–Crippen MR) is 63.5 cm³/mol. The molecular formula is C11H4BrF2NO5. The van der Waals surface area contributed by atoms with Crippen molar-refractivity contribution >= 4 is 27.9 Å². The van der Waals surface area contributed by atoms with Crippen LogP contribution < -0.4 is 0 Å². The lowest BCUT2D eigenvalue weighted by Gasteiger charge is -2.01. The predicted octanol–water partition coefficient (Wildman–Crippen LogP) is 2.78. The Bertz CT molecular complexity index is 673. The summed E-state index contributed by atoms with van der Waals surface area (Å²) in [6, 6.07) is 1.81. The second-order valence-corrected chi connectivity index (χ2v) is 4.47. The summed E-state index contributed by atoms with van der Waals surface area (Å²) in [7, 11) is 0. The van der Waals surface area contributed by atoms with Crippen LogP contribution in [0.4, 0.5) is 8.78 Å². The van der Waals surface area contributed by atoms with Gasteiger partial charge in [0.15, 0.2) is 0 Å². The van der Waals surface area contributed by atoms with E-state index in [0.29, 0.717) is 0 Å². The number of halogens is 3. The number of carbonyl (C=O) groups is 2. The molecule has 0 bridgehead atoms. The van der Waals surface area contributed by atoms with Crippen LogP contribution in [0.5, 0.6) is 0 Å². The highest BCUT2D eigenvalue weighted by Gasteiger charge is 2.28. The van der Waals surface area contributed by atoms with Gasteiger partial charge in [0, 0.05) is 4.47 Å². The van der Waals surface area contributed by atoms with Gasteiger partial charge in [0.25, 0.3) is 0 Å². The molecule has 1 aromatic heterocycles. The van der Waals surface area contributed by atoms with Gasteiger partial charge in [-0.15, -0.1) is 0 Å². The first-order valence-corrected chi connectivity index (χ1v) is 5.73. The van der Waals surface area contributed by atoms with Crippen molar-refractivity contribution in [1.29, 1.82) is 0 Å². The van der Waals surface area contributed by atoms with Gasteiger partial charge in [-0.2, -0.15) is 0 Å². The van der Waals surface area contributed by atoms with Gasteiger partial charge in [-0.3, -0.25) is 0 Å². The summed E-state index contributed by atoms with van der Waals surface area (Å²) in [5.74, 6) is -7.31. The van der Waals surface area contributed by atoms with E-state index in [1.807, 2.05) is 0 Å². The Hall–Kier alpha value is -2.29. The summed E-state index contributed by atoms with van der Waals surface area (Å²) in [5.41, 5.74) is -1.68. The second kappa shape index (κ2) is 5.00. The molecule has 0 fully saturated rings. The van der Waals surface area contributed by atoms with Crippen molar-refractivity contribution in [3.63, 3.8) is 0 Å². The number of hydrogen-bond acceptors (Lipinski definition) is 4. The monoisotopic (exact) mass is 347 g/mol. The van der Waals surface area contributed by atoms with Crippen molar-refractivity contribution in [2.75, 3.05) is 0 Å². The Labute approximate surface area is 117 Å². The van der Waals surface area contributed by atoms with E-state index in [9.17, 15) is 18.4 Å². The average molecular weight is 348 g/mol. The third-order valence-corrected chi connectivity index (χ3v) is 2.70. The first-order chi connectivity index (χ1) is 9.31. The summed E-state index contributed by atoms with van der Waals surface area (Å²) >= 11 is 2.87. The van der Waals surface area contributed by atoms with E-state index >= 15 is 0 Å². The van der Waals surface area contributed by atoms with E-state index < -0.39 is 46.5 Å². The molecule has 1 heterocycles. The molecule has 0 atom stereocenters. The molecule has 0 saturated carbocycles. The molecule has 0 radical (unpaired) electrons. The fourth-order valence-electron chi connectivity index (χ4n) is 1.46. The SMILES string of the molecule is O=C(O)c1nc(-c2c(F)cc(Br)cc2F)oc1C(=O)O. The number of rotatable bonds is 3. The maximum atomic E-state index is 13.7. The number of aromatic carboxylic acids is 2. The molecule has 20 heavy (non-hydrogen) atoms. The molecule has 0 aliphatic heterocycles. The van der Waals surface area contributed by atoms with Crippen molar-refractivity contribution in [3.05, 3.63) is 39.7 Å². The van der Waals surface area contributed by atoms with Crippen molar-refractivity contribution in [1.82, 2.24) is 4.98 Å². The highest BCUT2D eigenvalue weighted by Crippen LogP contribution is 2.30. The molecule has 2 rings (SSSR count). The van der Waals surface area contributed by atoms with Gasteiger partial charge >= 0.3 is 11.9 Å². The van der Waals surface area contributed by atoms with Gasteiger partial charge < -0.3 is 14.6 Å². The highest BCUT2D eigenvalue weighted by atomic mass is 79.9. The fourth-order valence-corrected chi connectivity index (χ4v) is 1.87. The van der Waals surface area contributed by atoms with Crippen LogP contribution in [0.2, 0.25) is 0 Å². The minimum Gasteiger partial charge on any atom is -0.476 e. The maximum Gasteiger partial charge on any atom is 0.374 e. The normalized spacial score (nSPS) is 10.6. The minimum absolute atomic E-state index is 0.111. The van der Waals surface area contributed by atoms with Gasteiger partial charge in [-0.25, -0.2) is 23.4 Å². The van der Waals surface area contributed by atoms with Crippen LogP contribution in [-0.4, -0.2) is 27.1 Å². The number of benzene rings is 1. The number of carboxylic acid groups (broad SMARTS) is 2. The van der Waals surface area contributed by atoms with Crippen LogP contribution in [-0.2, 0) is 0 Å². The second-order valence-electron chi connectivity index (χ2n) is 3.55. The molecule has 0 spiro atoms. The van der Waals surface area contributed by atoms with Crippen LogP contribution in [0.25, 0.3) is 11.5 Å². The number of aromatic nitrogens is 1. The molecule has 0 saturated heterocycles. The number of carboxylic acids is 2. The van der Waals surface area contributed by atoms with E-state index in [0.717, 1.165) is 12.1 Å². The van der Waals surface area contributed by atoms with Gasteiger partial charge in [-0.1, -0.05) is 15.9 Å². The molecule has 0 aliphatic carbocycles. The molecular weight excluding hydrogens is 344 g/mol. The molecule has 0 amide bonds. The smallest absolute Gasteiger partial charge is 0.374 e. The molecule has 104 valence electrons. The molecule has 6 nitrogen and oxygen atoms in total. The first kappa shape index (κ1) is 14.1. The summed E-state index contributed by atoms with van der Waals surface area (Å²) < 4.78 is 32.1. The summed E-state index contributed by atoms with van der Waals surface area (Å²) in [5, 5.41) is 17.5. The van der Waals surface area contributed by atoms with Crippen LogP contribution in [0.1, 0.15) is 21.0 Å². The Kier molecular flexibility index (Phi) is 3.53. The molecule has 2 N–H and O–H groups in total. The summed E-state index contributed by atoms with van der Waals surface area (Å²) in [6.45, 7) is 0. The van der Waals surface area contributed by atoms with Gasteiger partial charge in [-0.05, 0) is 12.1 Å². The van der Waals surface area contributed by atoms with E-state index in [1.54, 1.807) is 0 Å². The van der Waals surface area contributed by atoms with Crippen molar-refractivity contribution in [3.8, 4) is 11.5 Å². The number of oxazole rings is 1. The van der Waals surface area contributed by atoms with E-state index in [-0.39, 0.29) is 4.47 Å². The number of hydrogen-bond donors (Lipinski definition) is 2. The Morgan fingerprint density at radius 2 is 1.70 bits per heavy atom. The molecule has 0 aliphatic rings. The van der Waals surface area contributed by atoms with E-state index in [2.05, 4.69) is 25.3 Å². The Morgan fingerprint density at radius 1 is 1.15 bits per heavy atom. The van der Waals surface area contributed by atoms with E-state index in [1.165, 1.54) is 0 Å². The zero-order valence-corrected chi connectivity index (χ0v) is 10.9. The largest absolute Gasteiger partial charge is 0.476 e. The minimum atomic E-state index is -1.71. The fraction of sp³-hybridized carbons (Fsp3) is 0. The van der Waals surface area contributed by atoms with Gasteiger partial charge in [0.1, 0.15) is 17.2 Å². The highest BCUT2D eigenvalue weighted by molar-refractivity contribution is 9.10. The third-order valence-electron chi connectivity index (χ3n) is 2.24. The quantitative estimate of drug-likeness (QED) is 0.885. The Morgan fingerprint density at radius 3 is 2.10 bits per heavy atom. The standard InChI is InChI=1S/C11H4BrF2NO5/c12-3-1-4(13)6(5(14)2-3)9-15-7(10(16)17)8(20-9)11(18)19/h1-2H,(H,16,17)(H,18,19). The summed E-state index contributed by atoms with van der Waals surface area (Å²) in [4.78, 5) is 24.9. The molecule has 2 aromatic rings. The topological polar surface area (TPSA) is 101 Å². The average Bonchev–Trinajstić information content (AvgIpc) is 2.72. The lowest BCUT2D eigenvalue weighted by Crippen LogP contribution is -2.05. The lowest BCUT2D eigenvalue weighted by molar-refractivity contribution is 0.0624. The van der Waals surface area contributed by atoms with Gasteiger partial charge in [0.05, 0.1) is 0 Å². The number of nitrogens with zero attached hydrogens (tertiary/aromatic N) is 1.